The molecule has 0 aromatic heterocycles. The predicted octanol–water partition coefficient (Wildman–Crippen LogP) is 3.28. The Kier molecular flexibility index (Phi) is 5.08. The largest absolute Gasteiger partial charge is 0.316 e. The smallest absolute Gasteiger partial charge is 0.00924 e. The summed E-state index contributed by atoms with van der Waals surface area (Å²) in [4.78, 5) is 2.69. The van der Waals surface area contributed by atoms with E-state index in [9.17, 15) is 0 Å². The van der Waals surface area contributed by atoms with Crippen molar-refractivity contribution in [1.29, 1.82) is 0 Å². The van der Waals surface area contributed by atoms with Crippen LogP contribution in [0.15, 0.2) is 0 Å². The first-order valence-corrected chi connectivity index (χ1v) is 8.05. The van der Waals surface area contributed by atoms with E-state index in [-0.39, 0.29) is 0 Å². The highest BCUT2D eigenvalue weighted by molar-refractivity contribution is 4.93. The maximum atomic E-state index is 3.59. The Bertz CT molecular complexity index is 235. The normalized spacial score (nSPS) is 31.2. The average molecular weight is 252 g/mol. The monoisotopic (exact) mass is 252 g/mol. The highest BCUT2D eigenvalue weighted by Gasteiger charge is 2.38. The van der Waals surface area contributed by atoms with Crippen LogP contribution >= 0.6 is 0 Å². The first-order valence-electron chi connectivity index (χ1n) is 8.05. The zero-order valence-corrected chi connectivity index (χ0v) is 12.7. The predicted molar refractivity (Wildman–Crippen MR) is 78.9 cm³/mol. The van der Waals surface area contributed by atoms with Gasteiger partial charge in [0.1, 0.15) is 0 Å². The molecule has 1 aliphatic carbocycles. The van der Waals surface area contributed by atoms with E-state index in [0.29, 0.717) is 5.41 Å². The SMILES string of the molecule is CC(C)C1(CN(C)C2CCCCCC2)CCNC1. The molecular formula is C16H32N2. The van der Waals surface area contributed by atoms with Crippen LogP contribution in [0.1, 0.15) is 58.8 Å². The van der Waals surface area contributed by atoms with E-state index in [1.807, 2.05) is 0 Å². The second kappa shape index (κ2) is 6.38. The topological polar surface area (TPSA) is 15.3 Å². The Morgan fingerprint density at radius 2 is 1.83 bits per heavy atom. The lowest BCUT2D eigenvalue weighted by Gasteiger charge is -2.39. The molecule has 2 fully saturated rings. The van der Waals surface area contributed by atoms with Crippen molar-refractivity contribution in [2.45, 2.75) is 64.8 Å². The third-order valence-electron chi connectivity index (χ3n) is 5.51. The van der Waals surface area contributed by atoms with Gasteiger partial charge in [-0.05, 0) is 44.2 Å². The van der Waals surface area contributed by atoms with Gasteiger partial charge in [0.25, 0.3) is 0 Å². The molecule has 0 aromatic rings. The maximum Gasteiger partial charge on any atom is 0.00924 e. The quantitative estimate of drug-likeness (QED) is 0.773. The lowest BCUT2D eigenvalue weighted by molar-refractivity contribution is 0.0998. The molecule has 106 valence electrons. The zero-order chi connectivity index (χ0) is 13.0. The second-order valence-corrected chi connectivity index (χ2v) is 7.00. The fourth-order valence-corrected chi connectivity index (χ4v) is 3.90. The molecule has 1 saturated heterocycles. The summed E-state index contributed by atoms with van der Waals surface area (Å²) in [6.45, 7) is 8.56. The van der Waals surface area contributed by atoms with Crippen LogP contribution < -0.4 is 5.32 Å². The molecule has 1 atom stereocenters. The van der Waals surface area contributed by atoms with Gasteiger partial charge in [0, 0.05) is 19.1 Å². The lowest BCUT2D eigenvalue weighted by atomic mass is 9.75. The third kappa shape index (κ3) is 3.27. The summed E-state index contributed by atoms with van der Waals surface area (Å²) in [6, 6.07) is 0.851. The number of nitrogens with one attached hydrogen (secondary N) is 1. The zero-order valence-electron chi connectivity index (χ0n) is 12.7. The molecule has 1 aliphatic heterocycles. The third-order valence-corrected chi connectivity index (χ3v) is 5.51. The Morgan fingerprint density at radius 3 is 2.33 bits per heavy atom. The van der Waals surface area contributed by atoms with Gasteiger partial charge >= 0.3 is 0 Å². The van der Waals surface area contributed by atoms with E-state index >= 15 is 0 Å². The van der Waals surface area contributed by atoms with Crippen LogP contribution in [0.4, 0.5) is 0 Å². The van der Waals surface area contributed by atoms with Crippen LogP contribution in [0.25, 0.3) is 0 Å². The van der Waals surface area contributed by atoms with Crippen LogP contribution in [-0.2, 0) is 0 Å². The Labute approximate surface area is 114 Å². The number of hydrogen-bond acceptors (Lipinski definition) is 2. The highest BCUT2D eigenvalue weighted by Crippen LogP contribution is 2.36. The van der Waals surface area contributed by atoms with Gasteiger partial charge in [0.2, 0.25) is 0 Å². The van der Waals surface area contributed by atoms with E-state index in [0.717, 1.165) is 12.0 Å². The molecule has 0 amide bonds. The number of hydrogen-bond donors (Lipinski definition) is 1. The summed E-state index contributed by atoms with van der Waals surface area (Å²) < 4.78 is 0. The van der Waals surface area contributed by atoms with Gasteiger partial charge in [-0.3, -0.25) is 0 Å². The standard InChI is InChI=1S/C16H32N2/c1-14(2)16(10-11-17-12-16)13-18(3)15-8-6-4-5-7-9-15/h14-15,17H,4-13H2,1-3H3. The van der Waals surface area contributed by atoms with Crippen LogP contribution in [0, 0.1) is 11.3 Å². The minimum atomic E-state index is 0.529. The lowest BCUT2D eigenvalue weighted by Crippen LogP contribution is -2.45. The first kappa shape index (κ1) is 14.3. The van der Waals surface area contributed by atoms with Crippen molar-refractivity contribution in [1.82, 2.24) is 10.2 Å². The van der Waals surface area contributed by atoms with Crippen LogP contribution in [0.3, 0.4) is 0 Å². The summed E-state index contributed by atoms with van der Waals surface area (Å²) in [5.74, 6) is 0.792. The van der Waals surface area contributed by atoms with Crippen molar-refractivity contribution in [3.05, 3.63) is 0 Å². The molecular weight excluding hydrogens is 220 g/mol. The summed E-state index contributed by atoms with van der Waals surface area (Å²) in [6.07, 6.45) is 10.0. The van der Waals surface area contributed by atoms with Crippen molar-refractivity contribution < 1.29 is 0 Å². The fraction of sp³-hybridized carbons (Fsp3) is 1.00. The molecule has 0 radical (unpaired) electrons. The molecule has 2 heteroatoms. The Morgan fingerprint density at radius 1 is 1.17 bits per heavy atom. The summed E-state index contributed by atoms with van der Waals surface area (Å²) >= 11 is 0. The van der Waals surface area contributed by atoms with E-state index in [2.05, 4.69) is 31.1 Å². The van der Waals surface area contributed by atoms with Crippen molar-refractivity contribution in [3.8, 4) is 0 Å². The second-order valence-electron chi connectivity index (χ2n) is 7.00. The maximum absolute atomic E-state index is 3.59. The summed E-state index contributed by atoms with van der Waals surface area (Å²) in [7, 11) is 2.37. The van der Waals surface area contributed by atoms with E-state index in [1.54, 1.807) is 0 Å². The summed E-state index contributed by atoms with van der Waals surface area (Å²) in [5.41, 5.74) is 0.529. The van der Waals surface area contributed by atoms with Crippen molar-refractivity contribution in [2.24, 2.45) is 11.3 Å². The molecule has 2 nitrogen and oxygen atoms in total. The first-order chi connectivity index (χ1) is 8.64. The fourth-order valence-electron chi connectivity index (χ4n) is 3.90. The minimum Gasteiger partial charge on any atom is -0.316 e. The van der Waals surface area contributed by atoms with Crippen LogP contribution in [0.5, 0.6) is 0 Å². The van der Waals surface area contributed by atoms with E-state index < -0.39 is 0 Å². The molecule has 18 heavy (non-hydrogen) atoms. The highest BCUT2D eigenvalue weighted by atomic mass is 15.1. The molecule has 2 aliphatic rings. The number of nitrogens with zero attached hydrogens (tertiary/aromatic N) is 1. The van der Waals surface area contributed by atoms with E-state index in [1.165, 1.54) is 64.6 Å². The van der Waals surface area contributed by atoms with Crippen molar-refractivity contribution in [2.75, 3.05) is 26.7 Å². The van der Waals surface area contributed by atoms with Crippen molar-refractivity contribution in [3.63, 3.8) is 0 Å². The minimum absolute atomic E-state index is 0.529. The molecule has 0 bridgehead atoms. The molecule has 0 aromatic carbocycles. The van der Waals surface area contributed by atoms with Gasteiger partial charge in [0.15, 0.2) is 0 Å². The van der Waals surface area contributed by atoms with Crippen LogP contribution in [0.2, 0.25) is 0 Å². The molecule has 0 spiro atoms. The Hall–Kier alpha value is -0.0800. The van der Waals surface area contributed by atoms with Gasteiger partial charge in [-0.15, -0.1) is 0 Å². The van der Waals surface area contributed by atoms with Crippen LogP contribution in [-0.4, -0.2) is 37.6 Å². The molecule has 2 rings (SSSR count). The molecule has 1 saturated carbocycles. The Balaban J connectivity index is 1.93. The summed E-state index contributed by atoms with van der Waals surface area (Å²) in [5, 5.41) is 3.59. The van der Waals surface area contributed by atoms with Gasteiger partial charge in [0.05, 0.1) is 0 Å². The molecule has 1 N–H and O–H groups in total. The number of rotatable bonds is 4. The van der Waals surface area contributed by atoms with Crippen molar-refractivity contribution >= 4 is 0 Å². The van der Waals surface area contributed by atoms with Gasteiger partial charge in [-0.25, -0.2) is 0 Å². The van der Waals surface area contributed by atoms with E-state index in [4.69, 9.17) is 0 Å². The van der Waals surface area contributed by atoms with Gasteiger partial charge in [-0.2, -0.15) is 0 Å². The average Bonchev–Trinajstić information content (AvgIpc) is 2.65. The molecule has 1 unspecified atom stereocenters. The molecule has 1 heterocycles. The van der Waals surface area contributed by atoms with Gasteiger partial charge < -0.3 is 10.2 Å². The van der Waals surface area contributed by atoms with Gasteiger partial charge in [-0.1, -0.05) is 39.5 Å².